The smallest absolute Gasteiger partial charge is 0.338 e. The minimum absolute atomic E-state index is 0.0958. The summed E-state index contributed by atoms with van der Waals surface area (Å²) in [6, 6.07) is 10.1. The molecule has 9 heteroatoms. The van der Waals surface area contributed by atoms with Crippen molar-refractivity contribution in [2.45, 2.75) is 18.2 Å². The molecule has 3 rings (SSSR count). The van der Waals surface area contributed by atoms with E-state index in [9.17, 15) is 17.6 Å². The molecule has 0 aliphatic carbocycles. The first-order valence-corrected chi connectivity index (χ1v) is 11.1. The van der Waals surface area contributed by atoms with Gasteiger partial charge >= 0.3 is 5.97 Å². The number of hydrogen-bond donors (Lipinski definition) is 0. The Kier molecular flexibility index (Phi) is 7.41. The van der Waals surface area contributed by atoms with Crippen molar-refractivity contribution in [1.29, 1.82) is 0 Å². The van der Waals surface area contributed by atoms with E-state index in [0.29, 0.717) is 37.6 Å². The fourth-order valence-corrected chi connectivity index (χ4v) is 4.62. The molecule has 0 atom stereocenters. The first-order chi connectivity index (χ1) is 14.4. The highest BCUT2D eigenvalue weighted by molar-refractivity contribution is 7.89. The van der Waals surface area contributed by atoms with E-state index < -0.39 is 16.0 Å². The summed E-state index contributed by atoms with van der Waals surface area (Å²) in [5, 5.41) is 0. The van der Waals surface area contributed by atoms with Gasteiger partial charge in [0.2, 0.25) is 10.0 Å². The van der Waals surface area contributed by atoms with Crippen LogP contribution < -0.4 is 4.74 Å². The summed E-state index contributed by atoms with van der Waals surface area (Å²) in [5.41, 5.74) is 0.734. The molecule has 1 heterocycles. The third-order valence-corrected chi connectivity index (χ3v) is 6.66. The van der Waals surface area contributed by atoms with Crippen LogP contribution in [-0.4, -0.2) is 58.2 Å². The van der Waals surface area contributed by atoms with Crippen LogP contribution in [0.2, 0.25) is 0 Å². The Labute approximate surface area is 175 Å². The van der Waals surface area contributed by atoms with Crippen LogP contribution in [0.25, 0.3) is 0 Å². The Bertz CT molecular complexity index is 971. The minimum atomic E-state index is -3.71. The summed E-state index contributed by atoms with van der Waals surface area (Å²) in [4.78, 5) is 12.4. The van der Waals surface area contributed by atoms with E-state index in [-0.39, 0.29) is 36.0 Å². The van der Waals surface area contributed by atoms with Crippen molar-refractivity contribution in [2.75, 3.05) is 39.5 Å². The molecule has 1 aliphatic heterocycles. The molecule has 162 valence electrons. The number of rotatable bonds is 8. The number of sulfonamides is 1. The summed E-state index contributed by atoms with van der Waals surface area (Å²) >= 11 is 0. The second kappa shape index (κ2) is 10.0. The molecular formula is C21H24FNO6S. The van der Waals surface area contributed by atoms with Crippen LogP contribution in [0.1, 0.15) is 22.3 Å². The molecule has 0 spiro atoms. The lowest BCUT2D eigenvalue weighted by atomic mass is 10.1. The maximum atomic E-state index is 12.9. The Balaban J connectivity index is 1.55. The zero-order valence-corrected chi connectivity index (χ0v) is 17.5. The van der Waals surface area contributed by atoms with Crippen LogP contribution in [0, 0.1) is 12.7 Å². The maximum absolute atomic E-state index is 12.9. The highest BCUT2D eigenvalue weighted by Gasteiger charge is 2.28. The van der Waals surface area contributed by atoms with Crippen LogP contribution in [0.15, 0.2) is 47.4 Å². The summed E-state index contributed by atoms with van der Waals surface area (Å²) in [6.07, 6.45) is 0.438. The van der Waals surface area contributed by atoms with Crippen molar-refractivity contribution in [3.8, 4) is 5.75 Å². The highest BCUT2D eigenvalue weighted by atomic mass is 32.2. The van der Waals surface area contributed by atoms with E-state index in [0.717, 1.165) is 0 Å². The molecule has 2 aromatic rings. The molecule has 0 saturated carbocycles. The topological polar surface area (TPSA) is 82.1 Å². The lowest BCUT2D eigenvalue weighted by Crippen LogP contribution is -2.40. The summed E-state index contributed by atoms with van der Waals surface area (Å²) in [6.45, 7) is 3.35. The van der Waals surface area contributed by atoms with Gasteiger partial charge in [0.25, 0.3) is 0 Å². The fourth-order valence-electron chi connectivity index (χ4n) is 2.96. The molecule has 0 N–H and O–H groups in total. The number of benzene rings is 2. The van der Waals surface area contributed by atoms with Gasteiger partial charge in [0.15, 0.2) is 0 Å². The monoisotopic (exact) mass is 437 g/mol. The number of nitrogens with zero attached hydrogens (tertiary/aromatic N) is 1. The maximum Gasteiger partial charge on any atom is 0.338 e. The quantitative estimate of drug-likeness (QED) is 0.467. The Morgan fingerprint density at radius 3 is 2.50 bits per heavy atom. The number of carbonyl (C=O) groups excluding carboxylic acids is 1. The third-order valence-electron chi connectivity index (χ3n) is 4.62. The van der Waals surface area contributed by atoms with Gasteiger partial charge in [-0.15, -0.1) is 0 Å². The van der Waals surface area contributed by atoms with Gasteiger partial charge in [0.05, 0.1) is 36.9 Å². The number of aryl methyl sites for hydroxylation is 1. The van der Waals surface area contributed by atoms with Gasteiger partial charge in [-0.1, -0.05) is 6.07 Å². The molecule has 0 aromatic heterocycles. The van der Waals surface area contributed by atoms with E-state index in [1.807, 2.05) is 0 Å². The Morgan fingerprint density at radius 1 is 1.10 bits per heavy atom. The summed E-state index contributed by atoms with van der Waals surface area (Å²) in [5.74, 6) is -0.418. The largest absolute Gasteiger partial charge is 0.493 e. The molecule has 0 bridgehead atoms. The standard InChI is InChI=1S/C21H24FNO6S/c1-16-3-4-17(15-20(16)30(25,26)23-9-13-27-14-10-23)21(24)29-12-2-11-28-19-7-5-18(22)6-8-19/h3-8,15H,2,9-14H2,1H3. The normalized spacial score (nSPS) is 15.0. The number of hydrogen-bond acceptors (Lipinski definition) is 6. The van der Waals surface area contributed by atoms with E-state index in [4.69, 9.17) is 14.2 Å². The van der Waals surface area contributed by atoms with Gasteiger partial charge in [-0.25, -0.2) is 17.6 Å². The van der Waals surface area contributed by atoms with Crippen molar-refractivity contribution in [3.05, 3.63) is 59.4 Å². The van der Waals surface area contributed by atoms with Crippen LogP contribution >= 0.6 is 0 Å². The van der Waals surface area contributed by atoms with Crippen molar-refractivity contribution in [2.24, 2.45) is 0 Å². The first-order valence-electron chi connectivity index (χ1n) is 9.62. The van der Waals surface area contributed by atoms with Crippen molar-refractivity contribution in [1.82, 2.24) is 4.31 Å². The Morgan fingerprint density at radius 2 is 1.80 bits per heavy atom. The highest BCUT2D eigenvalue weighted by Crippen LogP contribution is 2.23. The second-order valence-corrected chi connectivity index (χ2v) is 8.69. The van der Waals surface area contributed by atoms with Gasteiger partial charge < -0.3 is 14.2 Å². The van der Waals surface area contributed by atoms with Gasteiger partial charge in [0, 0.05) is 19.5 Å². The molecule has 2 aromatic carbocycles. The fraction of sp³-hybridized carbons (Fsp3) is 0.381. The van der Waals surface area contributed by atoms with Gasteiger partial charge in [-0.05, 0) is 48.9 Å². The summed E-state index contributed by atoms with van der Waals surface area (Å²) in [7, 11) is -3.71. The molecule has 1 saturated heterocycles. The van der Waals surface area contributed by atoms with E-state index >= 15 is 0 Å². The number of morpholine rings is 1. The van der Waals surface area contributed by atoms with Crippen molar-refractivity contribution < 1.29 is 31.8 Å². The number of ether oxygens (including phenoxy) is 3. The predicted molar refractivity (Wildman–Crippen MR) is 108 cm³/mol. The van der Waals surface area contributed by atoms with Crippen molar-refractivity contribution >= 4 is 16.0 Å². The second-order valence-electron chi connectivity index (χ2n) is 6.79. The van der Waals surface area contributed by atoms with Crippen LogP contribution in [0.3, 0.4) is 0 Å². The number of esters is 1. The van der Waals surface area contributed by atoms with Gasteiger partial charge in [-0.2, -0.15) is 4.31 Å². The number of carbonyl (C=O) groups is 1. The molecule has 30 heavy (non-hydrogen) atoms. The molecule has 0 amide bonds. The molecule has 0 radical (unpaired) electrons. The predicted octanol–water partition coefficient (Wildman–Crippen LogP) is 2.78. The third kappa shape index (κ3) is 5.56. The molecular weight excluding hydrogens is 413 g/mol. The molecule has 0 unspecified atom stereocenters. The van der Waals surface area contributed by atoms with E-state index in [2.05, 4.69) is 0 Å². The lowest BCUT2D eigenvalue weighted by molar-refractivity contribution is 0.0485. The van der Waals surface area contributed by atoms with E-state index in [1.165, 1.54) is 34.6 Å². The zero-order chi connectivity index (χ0) is 21.6. The zero-order valence-electron chi connectivity index (χ0n) is 16.7. The molecule has 1 fully saturated rings. The van der Waals surface area contributed by atoms with Gasteiger partial charge in [0.1, 0.15) is 11.6 Å². The van der Waals surface area contributed by atoms with Gasteiger partial charge in [-0.3, -0.25) is 0 Å². The van der Waals surface area contributed by atoms with Crippen molar-refractivity contribution in [3.63, 3.8) is 0 Å². The molecule has 1 aliphatic rings. The summed E-state index contributed by atoms with van der Waals surface area (Å²) < 4.78 is 55.9. The van der Waals surface area contributed by atoms with Crippen LogP contribution in [0.5, 0.6) is 5.75 Å². The van der Waals surface area contributed by atoms with Crippen LogP contribution in [0.4, 0.5) is 4.39 Å². The molecule has 7 nitrogen and oxygen atoms in total. The first kappa shape index (κ1) is 22.2. The lowest BCUT2D eigenvalue weighted by Gasteiger charge is -2.26. The average Bonchev–Trinajstić information content (AvgIpc) is 2.75. The van der Waals surface area contributed by atoms with Crippen LogP contribution in [-0.2, 0) is 19.5 Å². The number of halogens is 1. The SMILES string of the molecule is Cc1ccc(C(=O)OCCCOc2ccc(F)cc2)cc1S(=O)(=O)N1CCOCC1. The Hall–Kier alpha value is -2.49. The van der Waals surface area contributed by atoms with E-state index in [1.54, 1.807) is 19.1 Å². The minimum Gasteiger partial charge on any atom is -0.493 e. The average molecular weight is 437 g/mol.